The Morgan fingerprint density at radius 2 is 1.89 bits per heavy atom. The minimum Gasteiger partial charge on any atom is -0.361 e. The van der Waals surface area contributed by atoms with Crippen LogP contribution in [-0.4, -0.2) is 29.6 Å². The lowest BCUT2D eigenvalue weighted by molar-refractivity contribution is -0.124. The predicted molar refractivity (Wildman–Crippen MR) is 103 cm³/mol. The maximum absolute atomic E-state index is 13.6. The Bertz CT molecular complexity index is 919. The second-order valence-electron chi connectivity index (χ2n) is 6.26. The molecule has 0 spiro atoms. The van der Waals surface area contributed by atoms with Crippen LogP contribution in [0.5, 0.6) is 0 Å². The molecule has 3 rings (SSSR count). The van der Waals surface area contributed by atoms with E-state index in [1.54, 1.807) is 30.1 Å². The zero-order chi connectivity index (χ0) is 19.1. The molecule has 0 aliphatic heterocycles. The number of benzene rings is 2. The Labute approximate surface area is 157 Å². The number of amides is 1. The summed E-state index contributed by atoms with van der Waals surface area (Å²) in [5.74, 6) is 0.279. The molecule has 3 aromatic rings. The van der Waals surface area contributed by atoms with Crippen LogP contribution in [0.2, 0.25) is 0 Å². The van der Waals surface area contributed by atoms with Crippen molar-refractivity contribution in [2.45, 2.75) is 12.8 Å². The summed E-state index contributed by atoms with van der Waals surface area (Å²) in [5.41, 5.74) is 2.22. The first-order chi connectivity index (χ1) is 13.1. The molecule has 0 unspecified atom stereocenters. The first-order valence-electron chi connectivity index (χ1n) is 8.82. The molecule has 0 saturated heterocycles. The molecule has 0 atom stereocenters. The molecule has 1 aromatic heterocycles. The van der Waals surface area contributed by atoms with Crippen LogP contribution in [0, 0.1) is 5.82 Å². The van der Waals surface area contributed by atoms with Gasteiger partial charge in [-0.2, -0.15) is 0 Å². The first kappa shape index (κ1) is 18.6. The third-order valence-electron chi connectivity index (χ3n) is 4.23. The number of aromatic nitrogens is 1. The lowest BCUT2D eigenvalue weighted by Gasteiger charge is -2.14. The van der Waals surface area contributed by atoms with Crippen molar-refractivity contribution in [2.24, 2.45) is 0 Å². The highest BCUT2D eigenvalue weighted by atomic mass is 19.1. The topological polar surface area (TPSA) is 46.3 Å². The van der Waals surface area contributed by atoms with Crippen molar-refractivity contribution in [1.29, 1.82) is 0 Å². The molecule has 1 heterocycles. The van der Waals surface area contributed by atoms with Gasteiger partial charge in [0.25, 0.3) is 0 Å². The van der Waals surface area contributed by atoms with Crippen molar-refractivity contribution < 1.29 is 13.7 Å². The van der Waals surface area contributed by atoms with Gasteiger partial charge in [0.05, 0.1) is 0 Å². The second-order valence-corrected chi connectivity index (χ2v) is 6.26. The van der Waals surface area contributed by atoms with E-state index in [1.165, 1.54) is 18.2 Å². The summed E-state index contributed by atoms with van der Waals surface area (Å²) in [6.45, 7) is 0.571. The number of carbonyl (C=O) groups excluding carboxylic acids is 1. The number of rotatable bonds is 7. The van der Waals surface area contributed by atoms with Gasteiger partial charge in [-0.1, -0.05) is 53.7 Å². The van der Waals surface area contributed by atoms with E-state index in [0.29, 0.717) is 18.5 Å². The highest BCUT2D eigenvalue weighted by Gasteiger charge is 2.09. The fourth-order valence-electron chi connectivity index (χ4n) is 2.67. The van der Waals surface area contributed by atoms with Gasteiger partial charge < -0.3 is 9.42 Å². The van der Waals surface area contributed by atoms with E-state index in [0.717, 1.165) is 23.4 Å². The molecule has 0 aliphatic rings. The summed E-state index contributed by atoms with van der Waals surface area (Å²) in [6.07, 6.45) is 4.32. The SMILES string of the molecule is CN(CCCc1cc(-c2ccccc2)no1)C(=O)/C=C/c1ccccc1F. The molecular weight excluding hydrogens is 343 g/mol. The van der Waals surface area contributed by atoms with Crippen LogP contribution in [-0.2, 0) is 11.2 Å². The molecular formula is C22H21FN2O2. The normalized spacial score (nSPS) is 11.0. The molecule has 4 nitrogen and oxygen atoms in total. The summed E-state index contributed by atoms with van der Waals surface area (Å²) in [4.78, 5) is 13.7. The number of hydrogen-bond acceptors (Lipinski definition) is 3. The van der Waals surface area contributed by atoms with Crippen molar-refractivity contribution >= 4 is 12.0 Å². The van der Waals surface area contributed by atoms with Crippen LogP contribution < -0.4 is 0 Å². The maximum Gasteiger partial charge on any atom is 0.246 e. The van der Waals surface area contributed by atoms with Crippen LogP contribution in [0.15, 0.2) is 71.3 Å². The van der Waals surface area contributed by atoms with E-state index < -0.39 is 0 Å². The van der Waals surface area contributed by atoms with Gasteiger partial charge in [-0.05, 0) is 18.6 Å². The van der Waals surface area contributed by atoms with Gasteiger partial charge in [-0.3, -0.25) is 4.79 Å². The summed E-state index contributed by atoms with van der Waals surface area (Å²) in [5, 5.41) is 4.09. The van der Waals surface area contributed by atoms with Gasteiger partial charge in [0, 0.05) is 43.3 Å². The van der Waals surface area contributed by atoms with Crippen molar-refractivity contribution in [1.82, 2.24) is 10.1 Å². The lowest BCUT2D eigenvalue weighted by atomic mass is 10.1. The predicted octanol–water partition coefficient (Wildman–Crippen LogP) is 4.59. The average Bonchev–Trinajstić information content (AvgIpc) is 3.16. The van der Waals surface area contributed by atoms with Crippen molar-refractivity contribution in [2.75, 3.05) is 13.6 Å². The molecule has 1 amide bonds. The van der Waals surface area contributed by atoms with Gasteiger partial charge >= 0.3 is 0 Å². The molecule has 138 valence electrons. The monoisotopic (exact) mass is 364 g/mol. The largest absolute Gasteiger partial charge is 0.361 e. The Kier molecular flexibility index (Phi) is 6.15. The number of likely N-dealkylation sites (N-methyl/N-ethyl adjacent to an activating group) is 1. The Balaban J connectivity index is 1.48. The average molecular weight is 364 g/mol. The number of nitrogens with zero attached hydrogens (tertiary/aromatic N) is 2. The van der Waals surface area contributed by atoms with Gasteiger partial charge in [0.1, 0.15) is 17.3 Å². The zero-order valence-electron chi connectivity index (χ0n) is 15.1. The minimum absolute atomic E-state index is 0.166. The Morgan fingerprint density at radius 1 is 1.15 bits per heavy atom. The fraction of sp³-hybridized carbons (Fsp3) is 0.182. The molecule has 0 saturated carbocycles. The van der Waals surface area contributed by atoms with Crippen LogP contribution in [0.4, 0.5) is 4.39 Å². The van der Waals surface area contributed by atoms with Crippen LogP contribution in [0.3, 0.4) is 0 Å². The summed E-state index contributed by atoms with van der Waals surface area (Å²) < 4.78 is 18.9. The smallest absolute Gasteiger partial charge is 0.246 e. The van der Waals surface area contributed by atoms with E-state index in [-0.39, 0.29) is 11.7 Å². The quantitative estimate of drug-likeness (QED) is 0.576. The van der Waals surface area contributed by atoms with E-state index >= 15 is 0 Å². The zero-order valence-corrected chi connectivity index (χ0v) is 15.1. The third-order valence-corrected chi connectivity index (χ3v) is 4.23. The molecule has 5 heteroatoms. The molecule has 0 bridgehead atoms. The van der Waals surface area contributed by atoms with Crippen LogP contribution in [0.1, 0.15) is 17.7 Å². The molecule has 2 aromatic carbocycles. The molecule has 0 aliphatic carbocycles. The van der Waals surface area contributed by atoms with Gasteiger partial charge in [0.2, 0.25) is 5.91 Å². The Morgan fingerprint density at radius 3 is 2.67 bits per heavy atom. The van der Waals surface area contributed by atoms with Gasteiger partial charge in [0.15, 0.2) is 0 Å². The van der Waals surface area contributed by atoms with Crippen molar-refractivity contribution in [3.63, 3.8) is 0 Å². The van der Waals surface area contributed by atoms with Crippen molar-refractivity contribution in [3.8, 4) is 11.3 Å². The summed E-state index contributed by atoms with van der Waals surface area (Å²) in [6, 6.07) is 18.1. The highest BCUT2D eigenvalue weighted by molar-refractivity contribution is 5.91. The third kappa shape index (κ3) is 5.14. The van der Waals surface area contributed by atoms with Gasteiger partial charge in [-0.15, -0.1) is 0 Å². The van der Waals surface area contributed by atoms with Crippen LogP contribution in [0.25, 0.3) is 17.3 Å². The van der Waals surface area contributed by atoms with E-state index in [2.05, 4.69) is 5.16 Å². The van der Waals surface area contributed by atoms with E-state index in [4.69, 9.17) is 4.52 Å². The first-order valence-corrected chi connectivity index (χ1v) is 8.82. The number of hydrogen-bond donors (Lipinski definition) is 0. The molecule has 27 heavy (non-hydrogen) atoms. The van der Waals surface area contributed by atoms with Crippen LogP contribution >= 0.6 is 0 Å². The highest BCUT2D eigenvalue weighted by Crippen LogP contribution is 2.19. The van der Waals surface area contributed by atoms with Gasteiger partial charge in [-0.25, -0.2) is 4.39 Å². The van der Waals surface area contributed by atoms with Crippen molar-refractivity contribution in [3.05, 3.63) is 83.9 Å². The fourth-order valence-corrected chi connectivity index (χ4v) is 2.67. The molecule has 0 fully saturated rings. The number of carbonyl (C=O) groups is 1. The van der Waals surface area contributed by atoms with E-state index in [9.17, 15) is 9.18 Å². The maximum atomic E-state index is 13.6. The second kappa shape index (κ2) is 8.94. The molecule has 0 radical (unpaired) electrons. The lowest BCUT2D eigenvalue weighted by Crippen LogP contribution is -2.26. The Hall–Kier alpha value is -3.21. The standard InChI is InChI=1S/C22H21FN2O2/c1-25(22(26)14-13-17-8-5-6-12-20(17)23)15-7-11-19-16-21(24-27-19)18-9-3-2-4-10-18/h2-6,8-10,12-14,16H,7,11,15H2,1H3/b14-13+. The summed E-state index contributed by atoms with van der Waals surface area (Å²) in [7, 11) is 1.73. The minimum atomic E-state index is -0.344. The number of aryl methyl sites for hydroxylation is 1. The molecule has 0 N–H and O–H groups in total. The summed E-state index contributed by atoms with van der Waals surface area (Å²) >= 11 is 0. The van der Waals surface area contributed by atoms with E-state index in [1.807, 2.05) is 36.4 Å². The number of halogens is 1.